The molecule has 88 valence electrons. The standard InChI is InChI=1S/C10H7FIN3O2/c11-7-2-9(15-4-5(12)3-14-15)8(13)1-6(7)10(16)17/h1-4H,13H2,(H,16,17). The quantitative estimate of drug-likeness (QED) is 0.642. The van der Waals surface area contributed by atoms with Gasteiger partial charge in [0.15, 0.2) is 0 Å². The number of hydrogen-bond acceptors (Lipinski definition) is 3. The second-order valence-corrected chi connectivity index (χ2v) is 4.54. The van der Waals surface area contributed by atoms with Crippen LogP contribution < -0.4 is 5.73 Å². The SMILES string of the molecule is Nc1cc(C(=O)O)c(F)cc1-n1cc(I)cn1. The van der Waals surface area contributed by atoms with Crippen molar-refractivity contribution in [2.75, 3.05) is 5.73 Å². The maximum Gasteiger partial charge on any atom is 0.338 e. The normalized spacial score (nSPS) is 10.5. The van der Waals surface area contributed by atoms with Crippen molar-refractivity contribution in [1.29, 1.82) is 0 Å². The van der Waals surface area contributed by atoms with E-state index in [2.05, 4.69) is 27.7 Å². The molecule has 3 N–H and O–H groups in total. The molecule has 0 unspecified atom stereocenters. The van der Waals surface area contributed by atoms with Crippen molar-refractivity contribution in [3.63, 3.8) is 0 Å². The third-order valence-corrected chi connectivity index (χ3v) is 2.70. The summed E-state index contributed by atoms with van der Waals surface area (Å²) in [7, 11) is 0. The predicted octanol–water partition coefficient (Wildman–Crippen LogP) is 1.90. The highest BCUT2D eigenvalue weighted by molar-refractivity contribution is 14.1. The summed E-state index contributed by atoms with van der Waals surface area (Å²) in [4.78, 5) is 10.7. The highest BCUT2D eigenvalue weighted by Gasteiger charge is 2.15. The van der Waals surface area contributed by atoms with Crippen LogP contribution in [-0.4, -0.2) is 20.9 Å². The Labute approximate surface area is 109 Å². The van der Waals surface area contributed by atoms with E-state index in [1.54, 1.807) is 12.4 Å². The smallest absolute Gasteiger partial charge is 0.338 e. The van der Waals surface area contributed by atoms with Crippen LogP contribution in [0.3, 0.4) is 0 Å². The Bertz CT molecular complexity index is 597. The summed E-state index contributed by atoms with van der Waals surface area (Å²) in [5, 5.41) is 12.7. The number of aromatic nitrogens is 2. The molecule has 2 aromatic rings. The van der Waals surface area contributed by atoms with Crippen molar-refractivity contribution in [2.24, 2.45) is 0 Å². The van der Waals surface area contributed by atoms with Gasteiger partial charge in [0.25, 0.3) is 0 Å². The molecule has 0 saturated heterocycles. The molecule has 0 saturated carbocycles. The fourth-order valence-corrected chi connectivity index (χ4v) is 1.76. The summed E-state index contributed by atoms with van der Waals surface area (Å²) in [6, 6.07) is 2.14. The van der Waals surface area contributed by atoms with Gasteiger partial charge in [0.05, 0.1) is 26.7 Å². The zero-order valence-electron chi connectivity index (χ0n) is 8.39. The van der Waals surface area contributed by atoms with E-state index in [9.17, 15) is 9.18 Å². The molecule has 0 atom stereocenters. The third-order valence-electron chi connectivity index (χ3n) is 2.14. The van der Waals surface area contributed by atoms with E-state index in [0.717, 1.165) is 15.7 Å². The summed E-state index contributed by atoms with van der Waals surface area (Å²) < 4.78 is 15.8. The first-order chi connectivity index (χ1) is 7.99. The van der Waals surface area contributed by atoms with Crippen molar-refractivity contribution < 1.29 is 14.3 Å². The molecule has 1 heterocycles. The zero-order chi connectivity index (χ0) is 12.6. The first kappa shape index (κ1) is 11.8. The van der Waals surface area contributed by atoms with Gasteiger partial charge in [-0.1, -0.05) is 0 Å². The van der Waals surface area contributed by atoms with E-state index in [4.69, 9.17) is 10.8 Å². The number of nitrogens with two attached hydrogens (primary N) is 1. The molecule has 0 radical (unpaired) electrons. The molecule has 0 amide bonds. The average molecular weight is 347 g/mol. The minimum absolute atomic E-state index is 0.156. The molecule has 0 aliphatic heterocycles. The largest absolute Gasteiger partial charge is 0.478 e. The lowest BCUT2D eigenvalue weighted by atomic mass is 10.1. The maximum absolute atomic E-state index is 13.5. The Morgan fingerprint density at radius 3 is 2.76 bits per heavy atom. The van der Waals surface area contributed by atoms with Crippen molar-refractivity contribution in [3.8, 4) is 5.69 Å². The molecule has 5 nitrogen and oxygen atoms in total. The van der Waals surface area contributed by atoms with Crippen LogP contribution in [0.5, 0.6) is 0 Å². The number of hydrogen-bond donors (Lipinski definition) is 2. The van der Waals surface area contributed by atoms with Gasteiger partial charge in [0.1, 0.15) is 5.82 Å². The van der Waals surface area contributed by atoms with Gasteiger partial charge >= 0.3 is 5.97 Å². The maximum atomic E-state index is 13.5. The van der Waals surface area contributed by atoms with Crippen LogP contribution in [-0.2, 0) is 0 Å². The van der Waals surface area contributed by atoms with E-state index >= 15 is 0 Å². The van der Waals surface area contributed by atoms with Gasteiger partial charge in [0, 0.05) is 12.3 Å². The molecule has 2 rings (SSSR count). The zero-order valence-corrected chi connectivity index (χ0v) is 10.6. The molecule has 0 aliphatic rings. The number of carboxylic acids is 1. The first-order valence-corrected chi connectivity index (χ1v) is 5.60. The van der Waals surface area contributed by atoms with Gasteiger partial charge in [-0.15, -0.1) is 0 Å². The van der Waals surface area contributed by atoms with E-state index in [1.165, 1.54) is 4.68 Å². The summed E-state index contributed by atoms with van der Waals surface area (Å²) >= 11 is 2.05. The molecule has 0 spiro atoms. The van der Waals surface area contributed by atoms with E-state index in [0.29, 0.717) is 5.69 Å². The molecule has 1 aromatic heterocycles. The van der Waals surface area contributed by atoms with Crippen molar-refractivity contribution in [1.82, 2.24) is 9.78 Å². The highest BCUT2D eigenvalue weighted by Crippen LogP contribution is 2.22. The molecular formula is C10H7FIN3O2. The van der Waals surface area contributed by atoms with Gasteiger partial charge in [-0.25, -0.2) is 13.9 Å². The second-order valence-electron chi connectivity index (χ2n) is 3.30. The fourth-order valence-electron chi connectivity index (χ4n) is 1.37. The number of benzene rings is 1. The van der Waals surface area contributed by atoms with Crippen LogP contribution >= 0.6 is 22.6 Å². The van der Waals surface area contributed by atoms with E-state index in [1.807, 2.05) is 0 Å². The van der Waals surface area contributed by atoms with Crippen LogP contribution in [0.25, 0.3) is 5.69 Å². The monoisotopic (exact) mass is 347 g/mol. The molecular weight excluding hydrogens is 340 g/mol. The molecule has 17 heavy (non-hydrogen) atoms. The summed E-state index contributed by atoms with van der Waals surface area (Å²) in [5.74, 6) is -2.19. The molecule has 1 aromatic carbocycles. The molecule has 0 bridgehead atoms. The Balaban J connectivity index is 2.57. The minimum atomic E-state index is -1.35. The summed E-state index contributed by atoms with van der Waals surface area (Å²) in [6.07, 6.45) is 3.25. The molecule has 0 fully saturated rings. The predicted molar refractivity (Wildman–Crippen MR) is 67.6 cm³/mol. The van der Waals surface area contributed by atoms with Gasteiger partial charge < -0.3 is 10.8 Å². The van der Waals surface area contributed by atoms with Crippen molar-refractivity contribution >= 4 is 34.2 Å². The Kier molecular flexibility index (Phi) is 3.01. The van der Waals surface area contributed by atoms with Crippen LogP contribution in [0.1, 0.15) is 10.4 Å². The number of carboxylic acid groups (broad SMARTS) is 1. The van der Waals surface area contributed by atoms with Crippen molar-refractivity contribution in [2.45, 2.75) is 0 Å². The number of rotatable bonds is 2. The summed E-state index contributed by atoms with van der Waals surface area (Å²) in [5.41, 5.74) is 5.70. The number of nitrogen functional groups attached to an aromatic ring is 1. The number of halogens is 2. The molecule has 7 heteroatoms. The Hall–Kier alpha value is -1.64. The lowest BCUT2D eigenvalue weighted by Crippen LogP contribution is -2.07. The number of aromatic carboxylic acids is 1. The Morgan fingerprint density at radius 2 is 2.24 bits per heavy atom. The second kappa shape index (κ2) is 4.32. The minimum Gasteiger partial charge on any atom is -0.478 e. The van der Waals surface area contributed by atoms with Crippen LogP contribution in [0.4, 0.5) is 10.1 Å². The number of nitrogens with zero attached hydrogens (tertiary/aromatic N) is 2. The highest BCUT2D eigenvalue weighted by atomic mass is 127. The lowest BCUT2D eigenvalue weighted by molar-refractivity contribution is 0.0692. The van der Waals surface area contributed by atoms with Gasteiger partial charge in [-0.3, -0.25) is 0 Å². The van der Waals surface area contributed by atoms with Crippen LogP contribution in [0.15, 0.2) is 24.5 Å². The average Bonchev–Trinajstić information content (AvgIpc) is 2.67. The van der Waals surface area contributed by atoms with Gasteiger partial charge in [-0.05, 0) is 28.7 Å². The van der Waals surface area contributed by atoms with E-state index in [-0.39, 0.29) is 5.69 Å². The fraction of sp³-hybridized carbons (Fsp3) is 0. The summed E-state index contributed by atoms with van der Waals surface area (Å²) in [6.45, 7) is 0. The Morgan fingerprint density at radius 1 is 1.53 bits per heavy atom. The van der Waals surface area contributed by atoms with Gasteiger partial charge in [0.2, 0.25) is 0 Å². The van der Waals surface area contributed by atoms with Crippen LogP contribution in [0, 0.1) is 9.39 Å². The number of carbonyl (C=O) groups is 1. The van der Waals surface area contributed by atoms with Crippen molar-refractivity contribution in [3.05, 3.63) is 39.5 Å². The lowest BCUT2D eigenvalue weighted by Gasteiger charge is -2.07. The first-order valence-electron chi connectivity index (χ1n) is 4.52. The van der Waals surface area contributed by atoms with E-state index < -0.39 is 17.3 Å². The third kappa shape index (κ3) is 2.23. The molecule has 0 aliphatic carbocycles. The topological polar surface area (TPSA) is 81.1 Å². The van der Waals surface area contributed by atoms with Crippen LogP contribution in [0.2, 0.25) is 0 Å². The number of anilines is 1. The van der Waals surface area contributed by atoms with Gasteiger partial charge in [-0.2, -0.15) is 5.10 Å².